The molecule has 2 aromatic rings. The molecule has 1 aromatic carbocycles. The minimum Gasteiger partial charge on any atom is -0.478 e. The van der Waals surface area contributed by atoms with Crippen LogP contribution in [0.5, 0.6) is 0 Å². The molecule has 1 fully saturated rings. The number of hydrogen-bond acceptors (Lipinski definition) is 3. The van der Waals surface area contributed by atoms with E-state index in [4.69, 9.17) is 0 Å². The molecule has 24 heavy (non-hydrogen) atoms. The largest absolute Gasteiger partial charge is 0.478 e. The van der Waals surface area contributed by atoms with Gasteiger partial charge in [0.25, 0.3) is 0 Å². The number of nitrogens with zero attached hydrogens (tertiary/aromatic N) is 2. The fourth-order valence-electron chi connectivity index (χ4n) is 3.08. The molecule has 2 N–H and O–H groups in total. The summed E-state index contributed by atoms with van der Waals surface area (Å²) in [7, 11) is 0. The molecule has 1 aliphatic rings. The van der Waals surface area contributed by atoms with E-state index in [9.17, 15) is 14.7 Å². The second-order valence-electron chi connectivity index (χ2n) is 5.76. The van der Waals surface area contributed by atoms with Gasteiger partial charge in [0.05, 0.1) is 11.6 Å². The van der Waals surface area contributed by atoms with E-state index in [2.05, 4.69) is 10.3 Å². The van der Waals surface area contributed by atoms with Crippen LogP contribution < -0.4 is 5.32 Å². The Labute approximate surface area is 140 Å². The molecule has 3 rings (SSSR count). The summed E-state index contributed by atoms with van der Waals surface area (Å²) in [5, 5.41) is 12.0. The average molecular weight is 325 g/mol. The Morgan fingerprint density at radius 2 is 2.08 bits per heavy atom. The lowest BCUT2D eigenvalue weighted by Gasteiger charge is -2.25. The van der Waals surface area contributed by atoms with Gasteiger partial charge in [0.2, 0.25) is 0 Å². The van der Waals surface area contributed by atoms with E-state index in [0.29, 0.717) is 12.1 Å². The highest BCUT2D eigenvalue weighted by atomic mass is 16.4. The Bertz CT molecular complexity index is 733. The van der Waals surface area contributed by atoms with E-state index in [1.165, 1.54) is 6.07 Å². The molecular formula is C18H19N3O3. The standard InChI is InChI=1S/C18H19N3O3/c22-17(23)15-7-2-1-5-13(15)12-20-18(24)21-10-4-8-16(21)14-6-3-9-19-11-14/h1-3,5-7,9,11,16H,4,8,10,12H2,(H,20,24)(H,22,23). The van der Waals surface area contributed by atoms with Crippen LogP contribution in [0.25, 0.3) is 0 Å². The molecule has 124 valence electrons. The predicted octanol–water partition coefficient (Wildman–Crippen LogP) is 2.83. The van der Waals surface area contributed by atoms with Crippen LogP contribution in [0, 0.1) is 0 Å². The number of hydrogen-bond donors (Lipinski definition) is 2. The Hall–Kier alpha value is -2.89. The molecule has 2 amide bonds. The minimum absolute atomic E-state index is 0.0217. The van der Waals surface area contributed by atoms with Crippen molar-refractivity contribution in [2.24, 2.45) is 0 Å². The predicted molar refractivity (Wildman–Crippen MR) is 88.6 cm³/mol. The second-order valence-corrected chi connectivity index (χ2v) is 5.76. The van der Waals surface area contributed by atoms with Crippen LogP contribution in [0.15, 0.2) is 48.8 Å². The number of rotatable bonds is 4. The van der Waals surface area contributed by atoms with Crippen molar-refractivity contribution in [3.05, 3.63) is 65.5 Å². The van der Waals surface area contributed by atoms with Crippen molar-refractivity contribution in [3.8, 4) is 0 Å². The van der Waals surface area contributed by atoms with Crippen LogP contribution >= 0.6 is 0 Å². The van der Waals surface area contributed by atoms with Gasteiger partial charge >= 0.3 is 12.0 Å². The Morgan fingerprint density at radius 3 is 2.83 bits per heavy atom. The van der Waals surface area contributed by atoms with Crippen LogP contribution in [0.4, 0.5) is 4.79 Å². The quantitative estimate of drug-likeness (QED) is 0.905. The number of amides is 2. The number of urea groups is 1. The Morgan fingerprint density at radius 1 is 1.25 bits per heavy atom. The van der Waals surface area contributed by atoms with Gasteiger partial charge in [-0.3, -0.25) is 4.98 Å². The summed E-state index contributed by atoms with van der Waals surface area (Å²) in [6.45, 7) is 0.879. The number of aromatic carboxylic acids is 1. The first-order valence-corrected chi connectivity index (χ1v) is 7.92. The molecule has 1 aromatic heterocycles. The van der Waals surface area contributed by atoms with Gasteiger partial charge in [-0.25, -0.2) is 9.59 Å². The van der Waals surface area contributed by atoms with E-state index in [0.717, 1.165) is 18.4 Å². The molecule has 0 bridgehead atoms. The highest BCUT2D eigenvalue weighted by Gasteiger charge is 2.30. The Balaban J connectivity index is 1.68. The lowest BCUT2D eigenvalue weighted by molar-refractivity contribution is 0.0695. The van der Waals surface area contributed by atoms with Crippen molar-refractivity contribution in [3.63, 3.8) is 0 Å². The van der Waals surface area contributed by atoms with Gasteiger partial charge in [0.15, 0.2) is 0 Å². The third kappa shape index (κ3) is 3.37. The SMILES string of the molecule is O=C(O)c1ccccc1CNC(=O)N1CCCC1c1cccnc1. The van der Waals surface area contributed by atoms with Crippen LogP contribution in [0.1, 0.15) is 40.4 Å². The van der Waals surface area contributed by atoms with Crippen molar-refractivity contribution in [2.45, 2.75) is 25.4 Å². The van der Waals surface area contributed by atoms with E-state index >= 15 is 0 Å². The molecule has 0 saturated carbocycles. The summed E-state index contributed by atoms with van der Waals surface area (Å²) in [6.07, 6.45) is 5.35. The highest BCUT2D eigenvalue weighted by molar-refractivity contribution is 5.89. The number of likely N-dealkylation sites (tertiary alicyclic amines) is 1. The lowest BCUT2D eigenvalue weighted by atomic mass is 10.1. The number of carboxylic acid groups (broad SMARTS) is 1. The van der Waals surface area contributed by atoms with E-state index in [1.807, 2.05) is 12.1 Å². The fraction of sp³-hybridized carbons (Fsp3) is 0.278. The summed E-state index contributed by atoms with van der Waals surface area (Å²) in [5.74, 6) is -0.991. The third-order valence-corrected chi connectivity index (χ3v) is 4.26. The van der Waals surface area contributed by atoms with Crippen molar-refractivity contribution >= 4 is 12.0 Å². The van der Waals surface area contributed by atoms with Gasteiger partial charge in [0.1, 0.15) is 0 Å². The second kappa shape index (κ2) is 7.12. The highest BCUT2D eigenvalue weighted by Crippen LogP contribution is 2.31. The topological polar surface area (TPSA) is 82.5 Å². The van der Waals surface area contributed by atoms with Crippen molar-refractivity contribution in [2.75, 3.05) is 6.54 Å². The fourth-order valence-corrected chi connectivity index (χ4v) is 3.08. The summed E-state index contributed by atoms with van der Waals surface area (Å²) in [5.41, 5.74) is 1.83. The Kier molecular flexibility index (Phi) is 4.74. The van der Waals surface area contributed by atoms with Gasteiger partial charge in [-0.05, 0) is 36.1 Å². The van der Waals surface area contributed by atoms with Gasteiger partial charge in [-0.2, -0.15) is 0 Å². The van der Waals surface area contributed by atoms with Crippen LogP contribution in [0.3, 0.4) is 0 Å². The average Bonchev–Trinajstić information content (AvgIpc) is 3.10. The van der Waals surface area contributed by atoms with Gasteiger partial charge < -0.3 is 15.3 Å². The van der Waals surface area contributed by atoms with E-state index in [-0.39, 0.29) is 24.2 Å². The maximum absolute atomic E-state index is 12.5. The molecule has 0 aliphatic carbocycles. The summed E-state index contributed by atoms with van der Waals surface area (Å²) in [4.78, 5) is 29.7. The number of pyridine rings is 1. The summed E-state index contributed by atoms with van der Waals surface area (Å²) >= 11 is 0. The lowest BCUT2D eigenvalue weighted by Crippen LogP contribution is -2.39. The maximum Gasteiger partial charge on any atom is 0.336 e. The number of nitrogens with one attached hydrogen (secondary N) is 1. The molecule has 6 nitrogen and oxygen atoms in total. The molecule has 6 heteroatoms. The molecule has 0 radical (unpaired) electrons. The molecule has 1 unspecified atom stereocenters. The number of benzene rings is 1. The monoisotopic (exact) mass is 325 g/mol. The summed E-state index contributed by atoms with van der Waals surface area (Å²) < 4.78 is 0. The van der Waals surface area contributed by atoms with Crippen molar-refractivity contribution in [1.82, 2.24) is 15.2 Å². The minimum atomic E-state index is -0.991. The van der Waals surface area contributed by atoms with Gasteiger partial charge in [0, 0.05) is 25.5 Å². The smallest absolute Gasteiger partial charge is 0.336 e. The zero-order valence-corrected chi connectivity index (χ0v) is 13.2. The number of carboxylic acids is 1. The summed E-state index contributed by atoms with van der Waals surface area (Å²) in [6, 6.07) is 10.4. The van der Waals surface area contributed by atoms with Crippen LogP contribution in [-0.2, 0) is 6.54 Å². The molecule has 0 spiro atoms. The first-order chi connectivity index (χ1) is 11.7. The zero-order valence-electron chi connectivity index (χ0n) is 13.2. The molecule has 2 heterocycles. The third-order valence-electron chi connectivity index (χ3n) is 4.26. The van der Waals surface area contributed by atoms with Crippen LogP contribution in [-0.4, -0.2) is 33.5 Å². The number of aromatic nitrogens is 1. The van der Waals surface area contributed by atoms with Gasteiger partial charge in [-0.15, -0.1) is 0 Å². The van der Waals surface area contributed by atoms with Crippen molar-refractivity contribution < 1.29 is 14.7 Å². The molecular weight excluding hydrogens is 306 g/mol. The molecule has 1 saturated heterocycles. The zero-order chi connectivity index (χ0) is 16.9. The van der Waals surface area contributed by atoms with Gasteiger partial charge in [-0.1, -0.05) is 24.3 Å². The van der Waals surface area contributed by atoms with E-state index in [1.54, 1.807) is 35.5 Å². The van der Waals surface area contributed by atoms with Crippen LogP contribution in [0.2, 0.25) is 0 Å². The first-order valence-electron chi connectivity index (χ1n) is 7.92. The van der Waals surface area contributed by atoms with E-state index < -0.39 is 5.97 Å². The normalized spacial score (nSPS) is 16.8. The number of carbonyl (C=O) groups is 2. The maximum atomic E-state index is 12.5. The number of carbonyl (C=O) groups excluding carboxylic acids is 1. The van der Waals surface area contributed by atoms with Crippen molar-refractivity contribution in [1.29, 1.82) is 0 Å². The molecule has 1 atom stereocenters. The first kappa shape index (κ1) is 16.0. The molecule has 1 aliphatic heterocycles.